The molecule has 2 heterocycles. The summed E-state index contributed by atoms with van der Waals surface area (Å²) in [6.45, 7) is 5.99. The van der Waals surface area contributed by atoms with Crippen LogP contribution in [0.5, 0.6) is 0 Å². The second-order valence-electron chi connectivity index (χ2n) is 7.24. The predicted molar refractivity (Wildman–Crippen MR) is 113 cm³/mol. The first-order chi connectivity index (χ1) is 14.0. The SMILES string of the molecule is CCC(CC)c1cc(CNC(=NC)NCCS(=O)(=O)NCC2CCCCO2)on1. The highest BCUT2D eigenvalue weighted by atomic mass is 32.2. The average molecular weight is 430 g/mol. The van der Waals surface area contributed by atoms with Gasteiger partial charge in [0.1, 0.15) is 0 Å². The molecule has 0 bridgehead atoms. The maximum Gasteiger partial charge on any atom is 0.213 e. The maximum atomic E-state index is 12.2. The minimum absolute atomic E-state index is 0.0206. The summed E-state index contributed by atoms with van der Waals surface area (Å²) in [4.78, 5) is 4.11. The molecule has 1 fully saturated rings. The minimum atomic E-state index is -3.37. The fourth-order valence-electron chi connectivity index (χ4n) is 3.27. The molecule has 0 aromatic carbocycles. The number of rotatable bonds is 11. The Hall–Kier alpha value is -1.65. The molecule has 1 aromatic rings. The van der Waals surface area contributed by atoms with Gasteiger partial charge in [0, 0.05) is 38.7 Å². The van der Waals surface area contributed by atoms with Crippen LogP contribution in [0.2, 0.25) is 0 Å². The monoisotopic (exact) mass is 429 g/mol. The first kappa shape index (κ1) is 23.6. The van der Waals surface area contributed by atoms with Gasteiger partial charge in [0.25, 0.3) is 0 Å². The van der Waals surface area contributed by atoms with Gasteiger partial charge in [-0.15, -0.1) is 0 Å². The molecule has 0 radical (unpaired) electrons. The van der Waals surface area contributed by atoms with E-state index in [-0.39, 0.29) is 18.4 Å². The number of nitrogens with zero attached hydrogens (tertiary/aromatic N) is 2. The van der Waals surface area contributed by atoms with E-state index in [1.807, 2.05) is 6.07 Å². The van der Waals surface area contributed by atoms with E-state index in [0.29, 0.717) is 31.6 Å². The van der Waals surface area contributed by atoms with Gasteiger partial charge in [0.2, 0.25) is 10.0 Å². The largest absolute Gasteiger partial charge is 0.377 e. The normalized spacial score (nSPS) is 18.2. The summed E-state index contributed by atoms with van der Waals surface area (Å²) in [6.07, 6.45) is 5.06. The van der Waals surface area contributed by atoms with Crippen LogP contribution < -0.4 is 15.4 Å². The molecular formula is C19H35N5O4S. The van der Waals surface area contributed by atoms with Crippen molar-refractivity contribution in [3.05, 3.63) is 17.5 Å². The zero-order valence-electron chi connectivity index (χ0n) is 17.7. The molecule has 3 N–H and O–H groups in total. The lowest BCUT2D eigenvalue weighted by molar-refractivity contribution is 0.0200. The van der Waals surface area contributed by atoms with Gasteiger partial charge in [0.05, 0.1) is 24.1 Å². The number of aromatic nitrogens is 1. The predicted octanol–water partition coefficient (Wildman–Crippen LogP) is 1.73. The molecule has 10 heteroatoms. The molecular weight excluding hydrogens is 394 g/mol. The lowest BCUT2D eigenvalue weighted by Gasteiger charge is -2.22. The van der Waals surface area contributed by atoms with Crippen LogP contribution >= 0.6 is 0 Å². The van der Waals surface area contributed by atoms with Crippen molar-refractivity contribution in [2.24, 2.45) is 4.99 Å². The number of nitrogens with one attached hydrogen (secondary N) is 3. The number of sulfonamides is 1. The third-order valence-corrected chi connectivity index (χ3v) is 6.45. The van der Waals surface area contributed by atoms with Crippen LogP contribution in [0.4, 0.5) is 0 Å². The molecule has 9 nitrogen and oxygen atoms in total. The maximum absolute atomic E-state index is 12.2. The van der Waals surface area contributed by atoms with Crippen molar-refractivity contribution in [2.45, 2.75) is 64.5 Å². The van der Waals surface area contributed by atoms with Crippen LogP contribution in [0.3, 0.4) is 0 Å². The zero-order valence-corrected chi connectivity index (χ0v) is 18.6. The van der Waals surface area contributed by atoms with E-state index in [4.69, 9.17) is 9.26 Å². The molecule has 1 aliphatic heterocycles. The van der Waals surface area contributed by atoms with Crippen molar-refractivity contribution in [1.82, 2.24) is 20.5 Å². The lowest BCUT2D eigenvalue weighted by Crippen LogP contribution is -2.42. The summed E-state index contributed by atoms with van der Waals surface area (Å²) in [5.41, 5.74) is 0.967. The van der Waals surface area contributed by atoms with Gasteiger partial charge in [-0.2, -0.15) is 0 Å². The van der Waals surface area contributed by atoms with Crippen molar-refractivity contribution in [3.63, 3.8) is 0 Å². The van der Waals surface area contributed by atoms with E-state index < -0.39 is 10.0 Å². The molecule has 1 aliphatic rings. The number of guanidine groups is 1. The number of aliphatic imine (C=N–C) groups is 1. The van der Waals surface area contributed by atoms with Crippen molar-refractivity contribution in [2.75, 3.05) is 32.5 Å². The van der Waals surface area contributed by atoms with E-state index in [2.05, 4.69) is 39.4 Å². The standard InChI is InChI=1S/C19H35N5O4S/c1-4-15(5-2)18-12-17(28-24-18)13-22-19(20-3)21-9-11-29(25,26)23-14-16-8-6-7-10-27-16/h12,15-16,23H,4-11,13-14H2,1-3H3,(H2,20,21,22). The molecule has 1 atom stereocenters. The molecule has 166 valence electrons. The fraction of sp³-hybridized carbons (Fsp3) is 0.789. The Labute approximate surface area is 174 Å². The van der Waals surface area contributed by atoms with Crippen molar-refractivity contribution in [1.29, 1.82) is 0 Å². The summed E-state index contributed by atoms with van der Waals surface area (Å²) in [5.74, 6) is 1.59. The van der Waals surface area contributed by atoms with Crippen LogP contribution in [0.25, 0.3) is 0 Å². The van der Waals surface area contributed by atoms with Gasteiger partial charge in [-0.3, -0.25) is 4.99 Å². The molecule has 2 rings (SSSR count). The quantitative estimate of drug-likeness (QED) is 0.362. The summed E-state index contributed by atoms with van der Waals surface area (Å²) >= 11 is 0. The van der Waals surface area contributed by atoms with Crippen molar-refractivity contribution in [3.8, 4) is 0 Å². The van der Waals surface area contributed by atoms with Crippen molar-refractivity contribution < 1.29 is 17.7 Å². The highest BCUT2D eigenvalue weighted by molar-refractivity contribution is 7.89. The topological polar surface area (TPSA) is 118 Å². The zero-order chi connectivity index (χ0) is 21.1. The second-order valence-corrected chi connectivity index (χ2v) is 9.17. The fourth-order valence-corrected chi connectivity index (χ4v) is 4.22. The minimum Gasteiger partial charge on any atom is -0.377 e. The van der Waals surface area contributed by atoms with E-state index >= 15 is 0 Å². The van der Waals surface area contributed by atoms with E-state index in [1.54, 1.807) is 7.05 Å². The smallest absolute Gasteiger partial charge is 0.213 e. The molecule has 1 aromatic heterocycles. The first-order valence-electron chi connectivity index (χ1n) is 10.5. The summed E-state index contributed by atoms with van der Waals surface area (Å²) in [6, 6.07) is 1.96. The Kier molecular flexibility index (Phi) is 9.89. The second kappa shape index (κ2) is 12.1. The Morgan fingerprint density at radius 2 is 2.10 bits per heavy atom. The lowest BCUT2D eigenvalue weighted by atomic mass is 9.99. The van der Waals surface area contributed by atoms with Gasteiger partial charge in [0.15, 0.2) is 11.7 Å². The summed E-state index contributed by atoms with van der Waals surface area (Å²) in [5, 5.41) is 10.3. The Morgan fingerprint density at radius 3 is 2.76 bits per heavy atom. The first-order valence-corrected chi connectivity index (χ1v) is 12.1. The molecule has 29 heavy (non-hydrogen) atoms. The molecule has 1 unspecified atom stereocenters. The van der Waals surface area contributed by atoms with Crippen LogP contribution in [-0.4, -0.2) is 58.1 Å². The van der Waals surface area contributed by atoms with Gasteiger partial charge >= 0.3 is 0 Å². The van der Waals surface area contributed by atoms with Crippen molar-refractivity contribution >= 4 is 16.0 Å². The molecule has 0 spiro atoms. The third-order valence-electron chi connectivity index (χ3n) is 5.10. The van der Waals surface area contributed by atoms with Gasteiger partial charge < -0.3 is 19.9 Å². The van der Waals surface area contributed by atoms with Crippen LogP contribution in [0.1, 0.15) is 63.3 Å². The Bertz CT molecular complexity index is 725. The number of hydrogen-bond acceptors (Lipinski definition) is 6. The number of hydrogen-bond donors (Lipinski definition) is 3. The highest BCUT2D eigenvalue weighted by Crippen LogP contribution is 2.22. The van der Waals surface area contributed by atoms with Crippen LogP contribution in [0, 0.1) is 0 Å². The van der Waals surface area contributed by atoms with Crippen LogP contribution in [-0.2, 0) is 21.3 Å². The Morgan fingerprint density at radius 1 is 1.31 bits per heavy atom. The van der Waals surface area contributed by atoms with Gasteiger partial charge in [-0.05, 0) is 32.1 Å². The molecule has 0 aliphatic carbocycles. The molecule has 1 saturated heterocycles. The van der Waals surface area contributed by atoms with Crippen LogP contribution in [0.15, 0.2) is 15.6 Å². The van der Waals surface area contributed by atoms with E-state index in [9.17, 15) is 8.42 Å². The van der Waals surface area contributed by atoms with Gasteiger partial charge in [-0.1, -0.05) is 19.0 Å². The van der Waals surface area contributed by atoms with E-state index in [1.165, 1.54) is 0 Å². The summed E-state index contributed by atoms with van der Waals surface area (Å²) in [7, 11) is -1.73. The average Bonchev–Trinajstić information content (AvgIpc) is 3.19. The third kappa shape index (κ3) is 8.31. The molecule has 0 saturated carbocycles. The van der Waals surface area contributed by atoms with E-state index in [0.717, 1.165) is 43.6 Å². The van der Waals surface area contributed by atoms with Gasteiger partial charge in [-0.25, -0.2) is 13.1 Å². The number of ether oxygens (including phenoxy) is 1. The highest BCUT2D eigenvalue weighted by Gasteiger charge is 2.18. The summed E-state index contributed by atoms with van der Waals surface area (Å²) < 4.78 is 37.9. The molecule has 0 amide bonds. The Balaban J connectivity index is 1.70.